The number of nitrogens with one attached hydrogen (secondary N) is 1. The van der Waals surface area contributed by atoms with E-state index in [4.69, 9.17) is 4.74 Å². The van der Waals surface area contributed by atoms with Gasteiger partial charge in [0.25, 0.3) is 0 Å². The van der Waals surface area contributed by atoms with Crippen LogP contribution in [-0.4, -0.2) is 47.3 Å². The van der Waals surface area contributed by atoms with E-state index < -0.39 is 0 Å². The normalized spacial score (nSPS) is 15.7. The second kappa shape index (κ2) is 8.31. The highest BCUT2D eigenvalue weighted by atomic mass is 19.1. The Morgan fingerprint density at radius 1 is 1.07 bits per heavy atom. The molecular weight excluding hydrogens is 343 g/mol. The molecule has 1 aliphatic heterocycles. The molecule has 0 aliphatic carbocycles. The molecule has 0 unspecified atom stereocenters. The zero-order valence-corrected chi connectivity index (χ0v) is 15.1. The Kier molecular flexibility index (Phi) is 5.44. The molecule has 140 valence electrons. The van der Waals surface area contributed by atoms with E-state index in [-0.39, 0.29) is 12.8 Å². The fourth-order valence-electron chi connectivity index (χ4n) is 3.34. The van der Waals surface area contributed by atoms with E-state index in [0.717, 1.165) is 48.3 Å². The van der Waals surface area contributed by atoms with Crippen molar-refractivity contribution in [3.05, 3.63) is 54.7 Å². The minimum Gasteiger partial charge on any atom is -0.490 e. The van der Waals surface area contributed by atoms with E-state index >= 15 is 0 Å². The Bertz CT molecular complexity index is 879. The molecule has 1 N–H and O–H groups in total. The molecule has 0 saturated carbocycles. The van der Waals surface area contributed by atoms with Gasteiger partial charge in [-0.25, -0.2) is 14.4 Å². The number of halogens is 1. The average molecular weight is 366 g/mol. The maximum absolute atomic E-state index is 12.4. The van der Waals surface area contributed by atoms with Crippen molar-refractivity contribution in [1.29, 1.82) is 0 Å². The van der Waals surface area contributed by atoms with Crippen LogP contribution in [0.25, 0.3) is 10.9 Å². The van der Waals surface area contributed by atoms with Crippen LogP contribution in [-0.2, 0) is 0 Å². The molecular formula is C21H23FN4O. The Hall–Kier alpha value is -2.73. The topological polar surface area (TPSA) is 50.3 Å². The second-order valence-corrected chi connectivity index (χ2v) is 6.75. The smallest absolute Gasteiger partial charge is 0.227 e. The van der Waals surface area contributed by atoms with Gasteiger partial charge in [0, 0.05) is 36.9 Å². The van der Waals surface area contributed by atoms with Gasteiger partial charge >= 0.3 is 0 Å². The molecule has 0 spiro atoms. The predicted octanol–water partition coefficient (Wildman–Crippen LogP) is 4.19. The van der Waals surface area contributed by atoms with Crippen LogP contribution < -0.4 is 10.1 Å². The summed E-state index contributed by atoms with van der Waals surface area (Å²) in [7, 11) is 0. The zero-order chi connectivity index (χ0) is 18.5. The van der Waals surface area contributed by atoms with E-state index in [1.54, 1.807) is 0 Å². The summed E-state index contributed by atoms with van der Waals surface area (Å²) in [4.78, 5) is 11.0. The third kappa shape index (κ3) is 4.52. The van der Waals surface area contributed by atoms with E-state index in [0.29, 0.717) is 12.5 Å². The summed E-state index contributed by atoms with van der Waals surface area (Å²) in [6.45, 7) is 2.05. The number of para-hydroxylation sites is 1. The first kappa shape index (κ1) is 17.7. The lowest BCUT2D eigenvalue weighted by Gasteiger charge is -2.31. The molecule has 1 aromatic heterocycles. The van der Waals surface area contributed by atoms with Crippen molar-refractivity contribution >= 4 is 22.5 Å². The van der Waals surface area contributed by atoms with Crippen molar-refractivity contribution in [2.45, 2.75) is 18.9 Å². The van der Waals surface area contributed by atoms with Crippen molar-refractivity contribution in [2.24, 2.45) is 0 Å². The summed E-state index contributed by atoms with van der Waals surface area (Å²) in [6, 6.07) is 15.7. The lowest BCUT2D eigenvalue weighted by atomic mass is 10.1. The number of anilines is 2. The van der Waals surface area contributed by atoms with Gasteiger partial charge in [0.2, 0.25) is 5.95 Å². The summed E-state index contributed by atoms with van der Waals surface area (Å²) in [5, 5.41) is 4.24. The molecule has 0 bridgehead atoms. The molecule has 0 amide bonds. The first-order valence-electron chi connectivity index (χ1n) is 9.34. The third-order valence-corrected chi connectivity index (χ3v) is 4.84. The van der Waals surface area contributed by atoms with Crippen molar-refractivity contribution in [1.82, 2.24) is 14.9 Å². The standard InChI is InChI=1S/C21H23FN4O/c22-11-14-26-12-9-19(10-13-26)27-18-7-5-17(6-8-18)24-21-23-15-16-3-1-2-4-20(16)25-21/h1-8,15,19H,9-14H2,(H,23,24,25). The maximum Gasteiger partial charge on any atom is 0.227 e. The Balaban J connectivity index is 1.34. The van der Waals surface area contributed by atoms with Crippen LogP contribution in [0.1, 0.15) is 12.8 Å². The molecule has 2 heterocycles. The largest absolute Gasteiger partial charge is 0.490 e. The van der Waals surface area contributed by atoms with E-state index in [2.05, 4.69) is 20.2 Å². The number of hydrogen-bond donors (Lipinski definition) is 1. The SMILES string of the molecule is FCCN1CCC(Oc2ccc(Nc3ncc4ccccc4n3)cc2)CC1. The predicted molar refractivity (Wildman–Crippen MR) is 105 cm³/mol. The van der Waals surface area contributed by atoms with Crippen LogP contribution in [0.2, 0.25) is 0 Å². The summed E-state index contributed by atoms with van der Waals surface area (Å²) in [6.07, 6.45) is 3.89. The average Bonchev–Trinajstić information content (AvgIpc) is 2.71. The first-order chi connectivity index (χ1) is 13.3. The van der Waals surface area contributed by atoms with Crippen molar-refractivity contribution in [2.75, 3.05) is 31.6 Å². The zero-order valence-electron chi connectivity index (χ0n) is 15.1. The third-order valence-electron chi connectivity index (χ3n) is 4.84. The number of likely N-dealkylation sites (tertiary alicyclic amines) is 1. The molecule has 3 aromatic rings. The van der Waals surface area contributed by atoms with Gasteiger partial charge in [-0.3, -0.25) is 0 Å². The minimum atomic E-state index is -0.277. The van der Waals surface area contributed by atoms with Crippen LogP contribution in [0.15, 0.2) is 54.7 Å². The van der Waals surface area contributed by atoms with Gasteiger partial charge in [-0.1, -0.05) is 18.2 Å². The highest BCUT2D eigenvalue weighted by Gasteiger charge is 2.20. The number of hydrogen-bond acceptors (Lipinski definition) is 5. The molecule has 1 saturated heterocycles. The number of nitrogens with zero attached hydrogens (tertiary/aromatic N) is 3. The molecule has 2 aromatic carbocycles. The molecule has 5 nitrogen and oxygen atoms in total. The van der Waals surface area contributed by atoms with Gasteiger partial charge < -0.3 is 15.0 Å². The Morgan fingerprint density at radius 2 is 1.85 bits per heavy atom. The van der Waals surface area contributed by atoms with Crippen LogP contribution in [0.3, 0.4) is 0 Å². The lowest BCUT2D eigenvalue weighted by Crippen LogP contribution is -2.39. The van der Waals surface area contributed by atoms with E-state index in [9.17, 15) is 4.39 Å². The van der Waals surface area contributed by atoms with Crippen LogP contribution >= 0.6 is 0 Å². The summed E-state index contributed by atoms with van der Waals surface area (Å²) < 4.78 is 18.5. The monoisotopic (exact) mass is 366 g/mol. The number of ether oxygens (including phenoxy) is 1. The number of rotatable bonds is 6. The van der Waals surface area contributed by atoms with Crippen LogP contribution in [0.5, 0.6) is 5.75 Å². The lowest BCUT2D eigenvalue weighted by molar-refractivity contribution is 0.0969. The highest BCUT2D eigenvalue weighted by molar-refractivity contribution is 5.78. The highest BCUT2D eigenvalue weighted by Crippen LogP contribution is 2.23. The number of aromatic nitrogens is 2. The Labute approximate surface area is 158 Å². The van der Waals surface area contributed by atoms with Gasteiger partial charge in [0.15, 0.2) is 0 Å². The molecule has 1 fully saturated rings. The van der Waals surface area contributed by atoms with Gasteiger partial charge in [0.1, 0.15) is 18.5 Å². The van der Waals surface area contributed by atoms with Gasteiger partial charge in [-0.2, -0.15) is 0 Å². The van der Waals surface area contributed by atoms with E-state index in [1.807, 2.05) is 54.7 Å². The Morgan fingerprint density at radius 3 is 2.63 bits per heavy atom. The van der Waals surface area contributed by atoms with Crippen molar-refractivity contribution < 1.29 is 9.13 Å². The molecule has 1 aliphatic rings. The van der Waals surface area contributed by atoms with Gasteiger partial charge in [0.05, 0.1) is 5.52 Å². The van der Waals surface area contributed by atoms with Crippen LogP contribution in [0, 0.1) is 0 Å². The number of fused-ring (bicyclic) bond motifs is 1. The summed E-state index contributed by atoms with van der Waals surface area (Å²) in [5.41, 5.74) is 1.82. The van der Waals surface area contributed by atoms with Gasteiger partial charge in [-0.15, -0.1) is 0 Å². The summed E-state index contributed by atoms with van der Waals surface area (Å²) in [5.74, 6) is 1.42. The second-order valence-electron chi connectivity index (χ2n) is 6.75. The number of piperidine rings is 1. The van der Waals surface area contributed by atoms with Crippen molar-refractivity contribution in [3.8, 4) is 5.75 Å². The molecule has 4 rings (SSSR count). The fourth-order valence-corrected chi connectivity index (χ4v) is 3.34. The summed E-state index contributed by atoms with van der Waals surface area (Å²) >= 11 is 0. The van der Waals surface area contributed by atoms with Crippen molar-refractivity contribution in [3.63, 3.8) is 0 Å². The number of benzene rings is 2. The number of alkyl halides is 1. The first-order valence-corrected chi connectivity index (χ1v) is 9.34. The molecule has 27 heavy (non-hydrogen) atoms. The molecule has 0 atom stereocenters. The molecule has 6 heteroatoms. The molecule has 0 radical (unpaired) electrons. The van der Waals surface area contributed by atoms with E-state index in [1.165, 1.54) is 0 Å². The van der Waals surface area contributed by atoms with Gasteiger partial charge in [-0.05, 0) is 43.2 Å². The van der Waals surface area contributed by atoms with Crippen LogP contribution in [0.4, 0.5) is 16.0 Å². The fraction of sp³-hybridized carbons (Fsp3) is 0.333. The quantitative estimate of drug-likeness (QED) is 0.709. The maximum atomic E-state index is 12.4. The minimum absolute atomic E-state index is 0.198.